The Labute approximate surface area is 180 Å². The van der Waals surface area contributed by atoms with E-state index in [0.717, 1.165) is 24.0 Å². The monoisotopic (exact) mass is 424 g/mol. The largest absolute Gasteiger partial charge is 0.368 e. The van der Waals surface area contributed by atoms with Crippen molar-refractivity contribution in [3.63, 3.8) is 0 Å². The molecule has 3 aliphatic carbocycles. The molecule has 2 N–H and O–H groups in total. The van der Waals surface area contributed by atoms with Crippen molar-refractivity contribution in [3.05, 3.63) is 47.6 Å². The van der Waals surface area contributed by atoms with Crippen molar-refractivity contribution in [2.24, 2.45) is 28.6 Å². The van der Waals surface area contributed by atoms with E-state index in [0.29, 0.717) is 11.3 Å². The van der Waals surface area contributed by atoms with Gasteiger partial charge in [0, 0.05) is 11.8 Å². The Hall–Kier alpha value is -0.540. The van der Waals surface area contributed by atoms with Gasteiger partial charge < -0.3 is 10.2 Å². The topological polar surface area (TPSA) is 40.5 Å². The number of allylic oxidation sites excluding steroid dienone is 4. The summed E-state index contributed by atoms with van der Waals surface area (Å²) >= 11 is 12.5. The average molecular weight is 425 g/mol. The lowest BCUT2D eigenvalue weighted by Crippen LogP contribution is -2.43. The molecular formula is C24H34Cl2O2. The molecule has 4 unspecified atom stereocenters. The van der Waals surface area contributed by atoms with Crippen LogP contribution in [0, 0.1) is 28.6 Å². The molecule has 0 saturated heterocycles. The Morgan fingerprint density at radius 2 is 1.25 bits per heavy atom. The fourth-order valence-corrected chi connectivity index (χ4v) is 5.51. The summed E-state index contributed by atoms with van der Waals surface area (Å²) in [6.07, 6.45) is 16.4. The van der Waals surface area contributed by atoms with Gasteiger partial charge in [-0.1, -0.05) is 68.3 Å². The van der Waals surface area contributed by atoms with Crippen LogP contribution in [0.1, 0.15) is 60.3 Å². The lowest BCUT2D eigenvalue weighted by Gasteiger charge is -2.51. The van der Waals surface area contributed by atoms with E-state index < -0.39 is 10.1 Å². The first-order valence-electron chi connectivity index (χ1n) is 10.4. The predicted octanol–water partition coefficient (Wildman–Crippen LogP) is 6.33. The number of alkyl halides is 2. The van der Waals surface area contributed by atoms with Gasteiger partial charge in [0.15, 0.2) is 10.1 Å². The van der Waals surface area contributed by atoms with E-state index in [1.165, 1.54) is 12.8 Å². The minimum Gasteiger partial charge on any atom is -0.368 e. The molecule has 0 aliphatic heterocycles. The molecule has 156 valence electrons. The summed E-state index contributed by atoms with van der Waals surface area (Å²) < 4.78 is 0. The zero-order chi connectivity index (χ0) is 21.0. The molecule has 0 aromatic rings. The summed E-state index contributed by atoms with van der Waals surface area (Å²) in [5.74, 6) is 1.08. The van der Waals surface area contributed by atoms with Gasteiger partial charge in [0.1, 0.15) is 0 Å². The van der Waals surface area contributed by atoms with Gasteiger partial charge in [0.2, 0.25) is 0 Å². The molecule has 2 nitrogen and oxygen atoms in total. The third-order valence-electron chi connectivity index (χ3n) is 7.48. The first-order valence-corrected chi connectivity index (χ1v) is 11.1. The van der Waals surface area contributed by atoms with Crippen LogP contribution < -0.4 is 0 Å². The molecule has 0 heterocycles. The Bertz CT molecular complexity index is 678. The smallest absolute Gasteiger partial charge is 0.179 e. The predicted molar refractivity (Wildman–Crippen MR) is 118 cm³/mol. The lowest BCUT2D eigenvalue weighted by molar-refractivity contribution is 0.0444. The number of halogens is 2. The van der Waals surface area contributed by atoms with E-state index in [9.17, 15) is 10.2 Å². The molecule has 0 amide bonds. The highest BCUT2D eigenvalue weighted by molar-refractivity contribution is 6.26. The van der Waals surface area contributed by atoms with Crippen LogP contribution in [0.2, 0.25) is 0 Å². The van der Waals surface area contributed by atoms with Crippen molar-refractivity contribution in [1.82, 2.24) is 0 Å². The van der Waals surface area contributed by atoms with E-state index in [-0.39, 0.29) is 17.3 Å². The quantitative estimate of drug-likeness (QED) is 0.401. The normalized spacial score (nSPS) is 44.2. The summed E-state index contributed by atoms with van der Waals surface area (Å²) in [4.78, 5) is 0. The second kappa shape index (κ2) is 7.30. The number of rotatable bonds is 2. The van der Waals surface area contributed by atoms with E-state index in [2.05, 4.69) is 45.1 Å². The van der Waals surface area contributed by atoms with Gasteiger partial charge in [-0.15, -0.1) is 0 Å². The van der Waals surface area contributed by atoms with Crippen molar-refractivity contribution < 1.29 is 10.2 Å². The van der Waals surface area contributed by atoms with Gasteiger partial charge in [-0.05, 0) is 79.6 Å². The van der Waals surface area contributed by atoms with Crippen molar-refractivity contribution in [2.45, 2.75) is 70.4 Å². The van der Waals surface area contributed by atoms with E-state index in [1.54, 1.807) is 12.2 Å². The second-order valence-corrected chi connectivity index (χ2v) is 11.3. The lowest BCUT2D eigenvalue weighted by atomic mass is 9.53. The first kappa shape index (κ1) is 22.2. The molecule has 0 radical (unpaired) electrons. The summed E-state index contributed by atoms with van der Waals surface area (Å²) in [6.45, 7) is 10.8. The van der Waals surface area contributed by atoms with Crippen LogP contribution in [-0.2, 0) is 0 Å². The minimum atomic E-state index is -1.38. The molecule has 0 aromatic heterocycles. The Kier molecular flexibility index (Phi) is 5.78. The Balaban J connectivity index is 1.98. The molecule has 0 spiro atoms. The fourth-order valence-electron chi connectivity index (χ4n) is 5.23. The van der Waals surface area contributed by atoms with Gasteiger partial charge in [0.05, 0.1) is 0 Å². The highest BCUT2D eigenvalue weighted by Gasteiger charge is 2.48. The molecule has 4 heteroatoms. The standard InChI is InChI=1S/C24H34Cl2O2/c1-16-14-19(8-12-23(16,25)27)22(10-6-18(7-11-22)21(3,4)5)20-9-13-24(26,28)17(2)15-20/h8-9,12-15,18-20,27-28H,6-7,10-11H2,1-5H3. The molecule has 0 aromatic carbocycles. The van der Waals surface area contributed by atoms with Crippen molar-refractivity contribution in [3.8, 4) is 0 Å². The first-order chi connectivity index (χ1) is 12.8. The Morgan fingerprint density at radius 1 is 0.857 bits per heavy atom. The molecule has 4 atom stereocenters. The average Bonchev–Trinajstić information content (AvgIpc) is 2.59. The summed E-state index contributed by atoms with van der Waals surface area (Å²) in [6, 6.07) is 0. The molecule has 3 aliphatic rings. The van der Waals surface area contributed by atoms with Crippen LogP contribution in [0.4, 0.5) is 0 Å². The highest BCUT2D eigenvalue weighted by atomic mass is 35.5. The van der Waals surface area contributed by atoms with Gasteiger partial charge in [-0.25, -0.2) is 0 Å². The third kappa shape index (κ3) is 4.03. The summed E-state index contributed by atoms with van der Waals surface area (Å²) in [5.41, 5.74) is 1.88. The van der Waals surface area contributed by atoms with Crippen molar-refractivity contribution >= 4 is 23.2 Å². The van der Waals surface area contributed by atoms with E-state index in [4.69, 9.17) is 23.2 Å². The molecular weight excluding hydrogens is 391 g/mol. The minimum absolute atomic E-state index is 0.00194. The molecule has 28 heavy (non-hydrogen) atoms. The maximum atomic E-state index is 10.3. The molecule has 1 saturated carbocycles. The van der Waals surface area contributed by atoms with Crippen LogP contribution in [-0.4, -0.2) is 20.3 Å². The van der Waals surface area contributed by atoms with Gasteiger partial charge in [-0.2, -0.15) is 0 Å². The highest BCUT2D eigenvalue weighted by Crippen LogP contribution is 2.57. The molecule has 3 rings (SSSR count). The maximum absolute atomic E-state index is 10.3. The summed E-state index contributed by atoms with van der Waals surface area (Å²) in [5, 5.41) is 17.9. The molecule has 1 fully saturated rings. The maximum Gasteiger partial charge on any atom is 0.179 e. The molecule has 0 bridgehead atoms. The van der Waals surface area contributed by atoms with Gasteiger partial charge >= 0.3 is 0 Å². The van der Waals surface area contributed by atoms with Crippen LogP contribution in [0.3, 0.4) is 0 Å². The third-order valence-corrected chi connectivity index (χ3v) is 8.33. The van der Waals surface area contributed by atoms with Gasteiger partial charge in [0.25, 0.3) is 0 Å². The summed E-state index contributed by atoms with van der Waals surface area (Å²) in [7, 11) is 0. The van der Waals surface area contributed by atoms with Gasteiger partial charge in [-0.3, -0.25) is 0 Å². The van der Waals surface area contributed by atoms with Crippen molar-refractivity contribution in [2.75, 3.05) is 0 Å². The van der Waals surface area contributed by atoms with Crippen LogP contribution in [0.25, 0.3) is 0 Å². The number of aliphatic hydroxyl groups is 2. The van der Waals surface area contributed by atoms with E-state index in [1.807, 2.05) is 13.8 Å². The zero-order valence-electron chi connectivity index (χ0n) is 17.7. The van der Waals surface area contributed by atoms with Crippen molar-refractivity contribution in [1.29, 1.82) is 0 Å². The fraction of sp³-hybridized carbons (Fsp3) is 0.667. The van der Waals surface area contributed by atoms with Crippen LogP contribution in [0.15, 0.2) is 47.6 Å². The zero-order valence-corrected chi connectivity index (χ0v) is 19.2. The SMILES string of the molecule is CC1=CC(C2(C3C=CC(O)(Cl)C(C)=C3)CCC(C(C)(C)C)CC2)C=CC1(O)Cl. The van der Waals surface area contributed by atoms with E-state index >= 15 is 0 Å². The number of hydrogen-bond donors (Lipinski definition) is 2. The Morgan fingerprint density at radius 3 is 1.57 bits per heavy atom. The van der Waals surface area contributed by atoms with Crippen LogP contribution in [0.5, 0.6) is 0 Å². The van der Waals surface area contributed by atoms with Crippen LogP contribution >= 0.6 is 23.2 Å². The number of hydrogen-bond acceptors (Lipinski definition) is 2. The second-order valence-electron chi connectivity index (χ2n) is 10.2.